The summed E-state index contributed by atoms with van der Waals surface area (Å²) in [5.41, 5.74) is 0. The summed E-state index contributed by atoms with van der Waals surface area (Å²) in [6.07, 6.45) is -1.98. The van der Waals surface area contributed by atoms with Crippen LogP contribution in [0.15, 0.2) is 0 Å². The molecule has 0 fully saturated rings. The van der Waals surface area contributed by atoms with E-state index in [-0.39, 0.29) is 6.61 Å². The van der Waals surface area contributed by atoms with Crippen molar-refractivity contribution in [3.8, 4) is 0 Å². The van der Waals surface area contributed by atoms with E-state index in [0.29, 0.717) is 13.8 Å². The summed E-state index contributed by atoms with van der Waals surface area (Å²) in [4.78, 5) is 2.57. The third-order valence-corrected chi connectivity index (χ3v) is 2.00. The standard InChI is InChI=1S/C8H15F3O.CH3FO4S.CH3F/c1-2-3-4-6-12-7-5-8(9,10)11;2-6-1-7(3,4)5;1-2/h2-7H2,1H3;1H2,(H,3,4,5);1H3. The van der Waals surface area contributed by atoms with E-state index in [1.165, 1.54) is 0 Å². The first kappa shape index (κ1) is 25.4. The van der Waals surface area contributed by atoms with Gasteiger partial charge in [-0.3, -0.25) is 8.94 Å². The van der Waals surface area contributed by atoms with Crippen LogP contribution in [0.1, 0.15) is 32.6 Å². The summed E-state index contributed by atoms with van der Waals surface area (Å²) >= 11 is 0. The quantitative estimate of drug-likeness (QED) is 0.413. The molecule has 0 amide bonds. The lowest BCUT2D eigenvalue weighted by Gasteiger charge is -2.06. The van der Waals surface area contributed by atoms with Crippen molar-refractivity contribution < 1.29 is 44.7 Å². The average Bonchev–Trinajstić information content (AvgIpc) is 2.34. The minimum absolute atomic E-state index is 0.201. The molecule has 0 aliphatic rings. The summed E-state index contributed by atoms with van der Waals surface area (Å²) in [5, 5.41) is 0. The molecule has 0 atom stereocenters. The minimum Gasteiger partial charge on any atom is -0.381 e. The zero-order valence-electron chi connectivity index (χ0n) is 11.8. The number of alkyl halides is 4. The fourth-order valence-corrected chi connectivity index (χ4v) is 0.913. The van der Waals surface area contributed by atoms with E-state index < -0.39 is 28.7 Å². The fourth-order valence-electron chi connectivity index (χ4n) is 0.800. The van der Waals surface area contributed by atoms with E-state index in [1.807, 2.05) is 6.92 Å². The van der Waals surface area contributed by atoms with Gasteiger partial charge in [0, 0.05) is 6.61 Å². The van der Waals surface area contributed by atoms with Crippen LogP contribution in [-0.4, -0.2) is 45.5 Å². The van der Waals surface area contributed by atoms with Gasteiger partial charge in [0.25, 0.3) is 10.1 Å². The Morgan fingerprint density at radius 3 is 1.90 bits per heavy atom. The fraction of sp³-hybridized carbons (Fsp3) is 1.00. The molecule has 0 spiro atoms. The summed E-state index contributed by atoms with van der Waals surface area (Å²) in [6, 6.07) is 0. The minimum atomic E-state index is -4.27. The largest absolute Gasteiger partial charge is 0.391 e. The van der Waals surface area contributed by atoms with Gasteiger partial charge in [-0.15, -0.1) is 0 Å². The first-order chi connectivity index (χ1) is 9.62. The van der Waals surface area contributed by atoms with Crippen molar-refractivity contribution in [3.05, 3.63) is 0 Å². The highest BCUT2D eigenvalue weighted by atomic mass is 32.2. The van der Waals surface area contributed by atoms with Crippen molar-refractivity contribution in [2.75, 3.05) is 26.3 Å². The van der Waals surface area contributed by atoms with Crippen molar-refractivity contribution in [2.24, 2.45) is 0 Å². The van der Waals surface area contributed by atoms with E-state index in [1.54, 1.807) is 0 Å². The molecule has 0 saturated heterocycles. The van der Waals surface area contributed by atoms with Gasteiger partial charge in [-0.25, -0.2) is 0 Å². The van der Waals surface area contributed by atoms with Gasteiger partial charge in [-0.2, -0.15) is 26.5 Å². The Kier molecular flexibility index (Phi) is 19.2. The van der Waals surface area contributed by atoms with E-state index in [2.05, 4.69) is 4.94 Å². The number of ether oxygens (including phenoxy) is 1. The highest BCUT2D eigenvalue weighted by molar-refractivity contribution is 7.85. The van der Waals surface area contributed by atoms with Crippen molar-refractivity contribution in [2.45, 2.75) is 38.8 Å². The Balaban J connectivity index is -0.000000307. The zero-order valence-corrected chi connectivity index (χ0v) is 12.6. The molecule has 21 heavy (non-hydrogen) atoms. The van der Waals surface area contributed by atoms with Crippen LogP contribution in [0.5, 0.6) is 0 Å². The second-order valence-electron chi connectivity index (χ2n) is 3.49. The van der Waals surface area contributed by atoms with Crippen LogP contribution in [0.4, 0.5) is 22.1 Å². The first-order valence-electron chi connectivity index (χ1n) is 5.83. The first-order valence-corrected chi connectivity index (χ1v) is 7.44. The molecule has 0 aliphatic carbocycles. The number of rotatable bonds is 8. The van der Waals surface area contributed by atoms with Gasteiger partial charge in [-0.1, -0.05) is 19.8 Å². The lowest BCUT2D eigenvalue weighted by atomic mass is 10.3. The van der Waals surface area contributed by atoms with Gasteiger partial charge < -0.3 is 4.74 Å². The molecular weight excluding hydrogens is 327 g/mol. The van der Waals surface area contributed by atoms with Crippen molar-refractivity contribution in [1.82, 2.24) is 0 Å². The molecule has 0 aromatic heterocycles. The predicted octanol–water partition coefficient (Wildman–Crippen LogP) is 3.46. The molecule has 0 heterocycles. The Morgan fingerprint density at radius 1 is 1.10 bits per heavy atom. The normalized spacial score (nSPS) is 11.0. The van der Waals surface area contributed by atoms with Crippen molar-refractivity contribution in [3.63, 3.8) is 0 Å². The molecule has 0 saturated carbocycles. The third-order valence-electron chi connectivity index (χ3n) is 1.62. The summed E-state index contributed by atoms with van der Waals surface area (Å²) in [7, 11) is -3.77. The van der Waals surface area contributed by atoms with E-state index in [4.69, 9.17) is 9.29 Å². The number of hydrogen-bond acceptors (Lipinski definition) is 4. The van der Waals surface area contributed by atoms with Gasteiger partial charge in [0.15, 0.2) is 0 Å². The van der Waals surface area contributed by atoms with Crippen LogP contribution >= 0.6 is 0 Å². The highest BCUT2D eigenvalue weighted by Gasteiger charge is 2.26. The molecule has 0 aromatic rings. The Morgan fingerprint density at radius 2 is 1.62 bits per heavy atom. The molecule has 11 heteroatoms. The second-order valence-corrected chi connectivity index (χ2v) is 4.89. The summed E-state index contributed by atoms with van der Waals surface area (Å²) in [6.45, 7) is 2.28. The van der Waals surface area contributed by atoms with Crippen molar-refractivity contribution in [1.29, 1.82) is 0 Å². The molecule has 0 aromatic carbocycles. The van der Waals surface area contributed by atoms with Crippen LogP contribution in [0.3, 0.4) is 0 Å². The number of unbranched alkanes of at least 4 members (excludes halogenated alkanes) is 2. The maximum Gasteiger partial charge on any atom is 0.391 e. The van der Waals surface area contributed by atoms with Gasteiger partial charge in [-0.05, 0) is 10.9 Å². The maximum atomic E-state index is 11.6. The van der Waals surface area contributed by atoms with Crippen LogP contribution in [0, 0.1) is 0 Å². The number of hydrogen-bond donors (Lipinski definition) is 1. The molecule has 0 unspecified atom stereocenters. The van der Waals surface area contributed by atoms with Crippen molar-refractivity contribution >= 4 is 10.1 Å². The van der Waals surface area contributed by atoms with E-state index in [0.717, 1.165) is 19.3 Å². The second kappa shape index (κ2) is 15.9. The summed E-state index contributed by atoms with van der Waals surface area (Å²) < 4.78 is 85.9. The van der Waals surface area contributed by atoms with Crippen LogP contribution in [-0.2, 0) is 19.8 Å². The molecule has 0 radical (unpaired) electrons. The van der Waals surface area contributed by atoms with Gasteiger partial charge in [0.2, 0.25) is 5.94 Å². The van der Waals surface area contributed by atoms with Crippen LogP contribution < -0.4 is 0 Å². The monoisotopic (exact) mass is 348 g/mol. The van der Waals surface area contributed by atoms with E-state index in [9.17, 15) is 30.5 Å². The smallest absolute Gasteiger partial charge is 0.381 e. The average molecular weight is 348 g/mol. The number of halogens is 5. The molecule has 0 bridgehead atoms. The molecule has 132 valence electrons. The maximum absolute atomic E-state index is 11.6. The summed E-state index contributed by atoms with van der Waals surface area (Å²) in [5.74, 6) is -1.30. The molecular formula is C10H21F5O5S. The van der Waals surface area contributed by atoms with Gasteiger partial charge >= 0.3 is 6.18 Å². The Labute approximate surface area is 121 Å². The molecule has 5 nitrogen and oxygen atoms in total. The Bertz CT molecular complexity index is 295. The SMILES string of the molecule is CCCCCOCCC(F)(F)F.CF.O=S(=O)(O)COF. The van der Waals surface area contributed by atoms with Gasteiger partial charge in [0.1, 0.15) is 0 Å². The Hall–Kier alpha value is -0.520. The lowest BCUT2D eigenvalue weighted by Crippen LogP contribution is -2.11. The zero-order chi connectivity index (χ0) is 17.4. The lowest BCUT2D eigenvalue weighted by molar-refractivity contribution is -0.145. The third kappa shape index (κ3) is 38.2. The van der Waals surface area contributed by atoms with E-state index >= 15 is 0 Å². The van der Waals surface area contributed by atoms with Crippen LogP contribution in [0.25, 0.3) is 0 Å². The molecule has 0 aliphatic heterocycles. The predicted molar refractivity (Wildman–Crippen MR) is 66.7 cm³/mol. The van der Waals surface area contributed by atoms with Crippen LogP contribution in [0.2, 0.25) is 0 Å². The van der Waals surface area contributed by atoms with Gasteiger partial charge in [0.05, 0.1) is 20.2 Å². The molecule has 0 rings (SSSR count). The topological polar surface area (TPSA) is 72.8 Å². The highest BCUT2D eigenvalue weighted by Crippen LogP contribution is 2.18. The molecule has 1 N–H and O–H groups in total.